The third-order valence-electron chi connectivity index (χ3n) is 1.49. The largest absolute Gasteiger partial charge is 0.397 e. The van der Waals surface area contributed by atoms with Crippen molar-refractivity contribution in [1.29, 1.82) is 0 Å². The van der Waals surface area contributed by atoms with Crippen LogP contribution in [-0.2, 0) is 0 Å². The van der Waals surface area contributed by atoms with E-state index in [1.807, 2.05) is 0 Å². The SMILES string of the molecule is NC(=O)c1c(N)cncc1C(F)F. The maximum absolute atomic E-state index is 12.3. The predicted molar refractivity (Wildman–Crippen MR) is 42.1 cm³/mol. The van der Waals surface area contributed by atoms with Gasteiger partial charge in [-0.2, -0.15) is 0 Å². The molecule has 1 heterocycles. The van der Waals surface area contributed by atoms with Crippen molar-refractivity contribution >= 4 is 11.6 Å². The van der Waals surface area contributed by atoms with Crippen molar-refractivity contribution in [3.05, 3.63) is 23.5 Å². The highest BCUT2D eigenvalue weighted by Gasteiger charge is 2.19. The van der Waals surface area contributed by atoms with Gasteiger partial charge in [-0.1, -0.05) is 0 Å². The molecule has 0 bridgehead atoms. The smallest absolute Gasteiger partial charge is 0.266 e. The Morgan fingerprint density at radius 1 is 1.46 bits per heavy atom. The fourth-order valence-electron chi connectivity index (χ4n) is 0.944. The quantitative estimate of drug-likeness (QED) is 0.714. The Labute approximate surface area is 72.6 Å². The summed E-state index contributed by atoms with van der Waals surface area (Å²) in [6.45, 7) is 0. The molecule has 4 N–H and O–H groups in total. The highest BCUT2D eigenvalue weighted by molar-refractivity contribution is 5.99. The third-order valence-corrected chi connectivity index (χ3v) is 1.49. The van der Waals surface area contributed by atoms with Crippen LogP contribution in [0.15, 0.2) is 12.4 Å². The lowest BCUT2D eigenvalue weighted by atomic mass is 10.1. The van der Waals surface area contributed by atoms with Gasteiger partial charge in [0, 0.05) is 6.20 Å². The summed E-state index contributed by atoms with van der Waals surface area (Å²) < 4.78 is 24.5. The van der Waals surface area contributed by atoms with Crippen molar-refractivity contribution in [2.45, 2.75) is 6.43 Å². The number of nitrogens with two attached hydrogens (primary N) is 2. The summed E-state index contributed by atoms with van der Waals surface area (Å²) in [7, 11) is 0. The molecule has 1 rings (SSSR count). The summed E-state index contributed by atoms with van der Waals surface area (Å²) in [6, 6.07) is 0. The zero-order valence-corrected chi connectivity index (χ0v) is 6.50. The van der Waals surface area contributed by atoms with E-state index in [4.69, 9.17) is 11.5 Å². The average Bonchev–Trinajstić information content (AvgIpc) is 2.02. The van der Waals surface area contributed by atoms with Gasteiger partial charge in [0.2, 0.25) is 0 Å². The third kappa shape index (κ3) is 1.71. The molecule has 1 amide bonds. The van der Waals surface area contributed by atoms with Crippen LogP contribution in [0.2, 0.25) is 0 Å². The van der Waals surface area contributed by atoms with Gasteiger partial charge in [0.25, 0.3) is 12.3 Å². The maximum atomic E-state index is 12.3. The van der Waals surface area contributed by atoms with Crippen LogP contribution in [0.5, 0.6) is 0 Å². The topological polar surface area (TPSA) is 82.0 Å². The number of nitrogens with zero attached hydrogens (tertiary/aromatic N) is 1. The zero-order chi connectivity index (χ0) is 10.0. The number of hydrogen-bond acceptors (Lipinski definition) is 3. The number of carbonyl (C=O) groups is 1. The van der Waals surface area contributed by atoms with Gasteiger partial charge in [-0.3, -0.25) is 9.78 Å². The number of hydrogen-bond donors (Lipinski definition) is 2. The number of aromatic nitrogens is 1. The molecule has 0 radical (unpaired) electrons. The van der Waals surface area contributed by atoms with Crippen LogP contribution in [-0.4, -0.2) is 10.9 Å². The molecule has 0 aliphatic heterocycles. The highest BCUT2D eigenvalue weighted by Crippen LogP contribution is 2.24. The van der Waals surface area contributed by atoms with E-state index in [0.29, 0.717) is 0 Å². The molecule has 0 aliphatic carbocycles. The van der Waals surface area contributed by atoms with E-state index in [1.165, 1.54) is 0 Å². The molecular formula is C7H7F2N3O. The van der Waals surface area contributed by atoms with Crippen molar-refractivity contribution in [2.24, 2.45) is 5.73 Å². The van der Waals surface area contributed by atoms with Crippen molar-refractivity contribution in [1.82, 2.24) is 4.98 Å². The molecule has 70 valence electrons. The Bertz CT molecular complexity index is 341. The lowest BCUT2D eigenvalue weighted by Crippen LogP contribution is -2.16. The van der Waals surface area contributed by atoms with Gasteiger partial charge in [-0.05, 0) is 0 Å². The number of alkyl halides is 2. The molecule has 0 saturated heterocycles. The molecule has 0 spiro atoms. The van der Waals surface area contributed by atoms with E-state index in [2.05, 4.69) is 4.98 Å². The Hall–Kier alpha value is -1.72. The lowest BCUT2D eigenvalue weighted by Gasteiger charge is -2.06. The minimum atomic E-state index is -2.81. The summed E-state index contributed by atoms with van der Waals surface area (Å²) in [5, 5.41) is 0. The molecule has 6 heteroatoms. The van der Waals surface area contributed by atoms with Crippen LogP contribution >= 0.6 is 0 Å². The first kappa shape index (κ1) is 9.37. The van der Waals surface area contributed by atoms with E-state index < -0.39 is 17.9 Å². The second-order valence-electron chi connectivity index (χ2n) is 2.36. The Balaban J connectivity index is 3.34. The highest BCUT2D eigenvalue weighted by atomic mass is 19.3. The van der Waals surface area contributed by atoms with Gasteiger partial charge in [0.15, 0.2) is 0 Å². The molecule has 4 nitrogen and oxygen atoms in total. The van der Waals surface area contributed by atoms with Crippen molar-refractivity contribution in [2.75, 3.05) is 5.73 Å². The monoisotopic (exact) mass is 187 g/mol. The molecule has 0 unspecified atom stereocenters. The van der Waals surface area contributed by atoms with Crippen LogP contribution in [0.25, 0.3) is 0 Å². The number of pyridine rings is 1. The first-order valence-electron chi connectivity index (χ1n) is 3.35. The summed E-state index contributed by atoms with van der Waals surface area (Å²) in [5.41, 5.74) is 9.11. The molecule has 0 fully saturated rings. The molecule has 0 aliphatic rings. The number of anilines is 1. The van der Waals surface area contributed by atoms with Gasteiger partial charge in [-0.25, -0.2) is 8.78 Å². The van der Waals surface area contributed by atoms with E-state index in [9.17, 15) is 13.6 Å². The summed E-state index contributed by atoms with van der Waals surface area (Å²) in [4.78, 5) is 14.2. The van der Waals surface area contributed by atoms with E-state index in [0.717, 1.165) is 12.4 Å². The molecule has 1 aromatic heterocycles. The van der Waals surface area contributed by atoms with Crippen LogP contribution < -0.4 is 11.5 Å². The summed E-state index contributed by atoms with van der Waals surface area (Å²) in [5.74, 6) is -0.977. The maximum Gasteiger partial charge on any atom is 0.266 e. The number of amides is 1. The second kappa shape index (κ2) is 3.34. The predicted octanol–water partition coefficient (Wildman–Crippen LogP) is 0.700. The number of nitrogen functional groups attached to an aromatic ring is 1. The molecule has 0 aromatic carbocycles. The average molecular weight is 187 g/mol. The number of halogens is 2. The lowest BCUT2D eigenvalue weighted by molar-refractivity contribution is 0.0987. The number of rotatable bonds is 2. The van der Waals surface area contributed by atoms with E-state index in [-0.39, 0.29) is 11.3 Å². The summed E-state index contributed by atoms with van der Waals surface area (Å²) >= 11 is 0. The Morgan fingerprint density at radius 3 is 2.46 bits per heavy atom. The molecule has 0 atom stereocenters. The minimum Gasteiger partial charge on any atom is -0.397 e. The molecule has 0 saturated carbocycles. The van der Waals surface area contributed by atoms with E-state index in [1.54, 1.807) is 0 Å². The number of carbonyl (C=O) groups excluding carboxylic acids is 1. The van der Waals surface area contributed by atoms with Gasteiger partial charge in [-0.15, -0.1) is 0 Å². The van der Waals surface area contributed by atoms with Gasteiger partial charge in [0.05, 0.1) is 23.0 Å². The first-order chi connectivity index (χ1) is 6.04. The van der Waals surface area contributed by atoms with Gasteiger partial charge in [0.1, 0.15) is 0 Å². The first-order valence-corrected chi connectivity index (χ1v) is 3.35. The Kier molecular flexibility index (Phi) is 2.41. The molecule has 13 heavy (non-hydrogen) atoms. The second-order valence-corrected chi connectivity index (χ2v) is 2.36. The minimum absolute atomic E-state index is 0.134. The van der Waals surface area contributed by atoms with Crippen LogP contribution in [0.1, 0.15) is 22.3 Å². The van der Waals surface area contributed by atoms with Gasteiger partial charge < -0.3 is 11.5 Å². The fourth-order valence-corrected chi connectivity index (χ4v) is 0.944. The Morgan fingerprint density at radius 2 is 2.08 bits per heavy atom. The standard InChI is InChI=1S/C7H7F2N3O/c8-6(9)3-1-12-2-4(10)5(3)7(11)13/h1-2,6H,10H2,(H2,11,13). The normalized spacial score (nSPS) is 10.4. The van der Waals surface area contributed by atoms with Crippen LogP contribution in [0.4, 0.5) is 14.5 Å². The van der Waals surface area contributed by atoms with Gasteiger partial charge >= 0.3 is 0 Å². The fraction of sp³-hybridized carbons (Fsp3) is 0.143. The number of primary amides is 1. The van der Waals surface area contributed by atoms with Crippen LogP contribution in [0.3, 0.4) is 0 Å². The van der Waals surface area contributed by atoms with Crippen molar-refractivity contribution < 1.29 is 13.6 Å². The zero-order valence-electron chi connectivity index (χ0n) is 6.50. The molecular weight excluding hydrogens is 180 g/mol. The van der Waals surface area contributed by atoms with Crippen molar-refractivity contribution in [3.8, 4) is 0 Å². The molecule has 1 aromatic rings. The van der Waals surface area contributed by atoms with E-state index >= 15 is 0 Å². The summed E-state index contributed by atoms with van der Waals surface area (Å²) in [6.07, 6.45) is -0.828. The van der Waals surface area contributed by atoms with Crippen molar-refractivity contribution in [3.63, 3.8) is 0 Å². The van der Waals surface area contributed by atoms with Crippen LogP contribution in [0, 0.1) is 0 Å².